The van der Waals surface area contributed by atoms with Crippen molar-refractivity contribution in [3.05, 3.63) is 105 Å². The number of para-hydroxylation sites is 1. The normalized spacial score (nSPS) is 14.8. The molecule has 32 heavy (non-hydrogen) atoms. The summed E-state index contributed by atoms with van der Waals surface area (Å²) in [7, 11) is 0. The van der Waals surface area contributed by atoms with E-state index in [1.54, 1.807) is 48.5 Å². The molecule has 0 radical (unpaired) electrons. The Morgan fingerprint density at radius 2 is 1.75 bits per heavy atom. The minimum atomic E-state index is -0.508. The summed E-state index contributed by atoms with van der Waals surface area (Å²) in [5.74, 6) is -0.192. The van der Waals surface area contributed by atoms with Gasteiger partial charge in [-0.05, 0) is 30.3 Å². The van der Waals surface area contributed by atoms with E-state index in [4.69, 9.17) is 17.0 Å². The number of halogens is 1. The molecule has 0 bridgehead atoms. The summed E-state index contributed by atoms with van der Waals surface area (Å²) in [5.41, 5.74) is 1.45. The number of carbonyl (C=O) groups is 1. The lowest BCUT2D eigenvalue weighted by Gasteiger charge is -2.14. The molecular formula is C23H15FN2O4S2. The maximum absolute atomic E-state index is 13.9. The van der Waals surface area contributed by atoms with E-state index in [1.165, 1.54) is 35.2 Å². The molecular weight excluding hydrogens is 451 g/mol. The van der Waals surface area contributed by atoms with Gasteiger partial charge >= 0.3 is 0 Å². The summed E-state index contributed by atoms with van der Waals surface area (Å²) < 4.78 is 20.0. The molecule has 6 nitrogen and oxygen atoms in total. The number of hydrogen-bond acceptors (Lipinski definition) is 6. The van der Waals surface area contributed by atoms with Crippen molar-refractivity contribution >= 4 is 51.7 Å². The van der Waals surface area contributed by atoms with Crippen LogP contribution in [0.15, 0.2) is 77.7 Å². The first-order valence-corrected chi connectivity index (χ1v) is 10.6. The van der Waals surface area contributed by atoms with Crippen LogP contribution in [0.1, 0.15) is 11.1 Å². The van der Waals surface area contributed by atoms with E-state index in [2.05, 4.69) is 0 Å². The van der Waals surface area contributed by atoms with Crippen LogP contribution in [0.4, 0.5) is 15.8 Å². The number of nitro groups is 1. The Bertz CT molecular complexity index is 1240. The smallest absolute Gasteiger partial charge is 0.270 e. The van der Waals surface area contributed by atoms with Crippen LogP contribution in [0.2, 0.25) is 0 Å². The third-order valence-corrected chi connectivity index (χ3v) is 5.96. The zero-order valence-corrected chi connectivity index (χ0v) is 18.1. The van der Waals surface area contributed by atoms with Gasteiger partial charge in [0.25, 0.3) is 11.6 Å². The van der Waals surface area contributed by atoms with E-state index in [1.807, 2.05) is 0 Å². The van der Waals surface area contributed by atoms with Gasteiger partial charge in [0.2, 0.25) is 0 Å². The first-order valence-electron chi connectivity index (χ1n) is 9.41. The average Bonchev–Trinajstić information content (AvgIpc) is 3.07. The van der Waals surface area contributed by atoms with Gasteiger partial charge in [0, 0.05) is 23.3 Å². The zero-order chi connectivity index (χ0) is 22.7. The third kappa shape index (κ3) is 4.53. The van der Waals surface area contributed by atoms with Gasteiger partial charge in [-0.2, -0.15) is 0 Å². The SMILES string of the molecule is O=C1/C(=C\c2ccccc2OCc2ccccc2F)SC(=S)N1c1ccc([N+](=O)[O-])cc1. The molecule has 1 saturated heterocycles. The topological polar surface area (TPSA) is 72.7 Å². The van der Waals surface area contributed by atoms with Gasteiger partial charge in [0.1, 0.15) is 18.2 Å². The van der Waals surface area contributed by atoms with Crippen molar-refractivity contribution < 1.29 is 18.8 Å². The van der Waals surface area contributed by atoms with Crippen LogP contribution >= 0.6 is 24.0 Å². The fourth-order valence-electron chi connectivity index (χ4n) is 3.06. The Kier molecular flexibility index (Phi) is 6.29. The van der Waals surface area contributed by atoms with Crippen LogP contribution in [0.5, 0.6) is 5.75 Å². The number of anilines is 1. The number of benzene rings is 3. The van der Waals surface area contributed by atoms with Crippen molar-refractivity contribution in [3.8, 4) is 5.75 Å². The van der Waals surface area contributed by atoms with Crippen LogP contribution in [0, 0.1) is 15.9 Å². The lowest BCUT2D eigenvalue weighted by atomic mass is 10.1. The van der Waals surface area contributed by atoms with E-state index in [-0.39, 0.29) is 24.0 Å². The molecule has 1 aliphatic heterocycles. The fourth-order valence-corrected chi connectivity index (χ4v) is 4.35. The highest BCUT2D eigenvalue weighted by molar-refractivity contribution is 8.27. The Balaban J connectivity index is 1.57. The van der Waals surface area contributed by atoms with Gasteiger partial charge in [-0.1, -0.05) is 60.4 Å². The number of amides is 1. The fraction of sp³-hybridized carbons (Fsp3) is 0.0435. The molecule has 0 aliphatic carbocycles. The minimum Gasteiger partial charge on any atom is -0.488 e. The molecule has 0 saturated carbocycles. The highest BCUT2D eigenvalue weighted by atomic mass is 32.2. The number of nitro benzene ring substituents is 1. The van der Waals surface area contributed by atoms with Crippen molar-refractivity contribution in [3.63, 3.8) is 0 Å². The van der Waals surface area contributed by atoms with Gasteiger partial charge in [-0.15, -0.1) is 0 Å². The lowest BCUT2D eigenvalue weighted by molar-refractivity contribution is -0.384. The van der Waals surface area contributed by atoms with Crippen molar-refractivity contribution in [1.29, 1.82) is 0 Å². The van der Waals surface area contributed by atoms with Crippen molar-refractivity contribution in [2.45, 2.75) is 6.61 Å². The molecule has 0 aromatic heterocycles. The Morgan fingerprint density at radius 1 is 1.06 bits per heavy atom. The van der Waals surface area contributed by atoms with Gasteiger partial charge < -0.3 is 4.74 Å². The Morgan fingerprint density at radius 3 is 2.47 bits per heavy atom. The van der Waals surface area contributed by atoms with Crippen molar-refractivity contribution in [2.24, 2.45) is 0 Å². The van der Waals surface area contributed by atoms with Crippen LogP contribution in [0.3, 0.4) is 0 Å². The summed E-state index contributed by atoms with van der Waals surface area (Å²) in [6, 6.07) is 19.1. The number of hydrogen-bond donors (Lipinski definition) is 0. The second kappa shape index (κ2) is 9.29. The van der Waals surface area contributed by atoms with Crippen LogP contribution in [-0.2, 0) is 11.4 Å². The molecule has 0 spiro atoms. The first kappa shape index (κ1) is 21.7. The lowest BCUT2D eigenvalue weighted by Crippen LogP contribution is -2.27. The first-order chi connectivity index (χ1) is 15.4. The largest absolute Gasteiger partial charge is 0.488 e. The summed E-state index contributed by atoms with van der Waals surface area (Å²) in [5, 5.41) is 10.9. The molecule has 160 valence electrons. The summed E-state index contributed by atoms with van der Waals surface area (Å²) in [6.07, 6.45) is 1.67. The van der Waals surface area contributed by atoms with E-state index >= 15 is 0 Å². The molecule has 1 heterocycles. The molecule has 1 fully saturated rings. The molecule has 0 unspecified atom stereocenters. The highest BCUT2D eigenvalue weighted by Gasteiger charge is 2.33. The van der Waals surface area contributed by atoms with Gasteiger partial charge in [0.05, 0.1) is 15.5 Å². The number of nitrogens with zero attached hydrogens (tertiary/aromatic N) is 2. The standard InChI is InChI=1S/C23H15FN2O4S2/c24-19-7-3-1-6-16(19)14-30-20-8-4-2-5-15(20)13-21-22(27)25(23(31)32-21)17-9-11-18(12-10-17)26(28)29/h1-13H,14H2/b21-13+. The number of ether oxygens (including phenoxy) is 1. The minimum absolute atomic E-state index is 0.0429. The predicted molar refractivity (Wildman–Crippen MR) is 126 cm³/mol. The molecule has 1 amide bonds. The summed E-state index contributed by atoms with van der Waals surface area (Å²) in [6.45, 7) is 0.0429. The number of non-ortho nitro benzene ring substituents is 1. The van der Waals surface area contributed by atoms with E-state index in [0.717, 1.165) is 11.8 Å². The Hall–Kier alpha value is -3.56. The van der Waals surface area contributed by atoms with E-state index in [0.29, 0.717) is 31.8 Å². The second-order valence-corrected chi connectivity index (χ2v) is 8.38. The third-order valence-electron chi connectivity index (χ3n) is 4.66. The average molecular weight is 467 g/mol. The monoisotopic (exact) mass is 466 g/mol. The van der Waals surface area contributed by atoms with Crippen LogP contribution in [-0.4, -0.2) is 15.2 Å². The number of thioether (sulfide) groups is 1. The maximum atomic E-state index is 13.9. The molecule has 9 heteroatoms. The molecule has 4 rings (SSSR count). The predicted octanol–water partition coefficient (Wildman–Crippen LogP) is 5.72. The molecule has 0 N–H and O–H groups in total. The zero-order valence-electron chi connectivity index (χ0n) is 16.4. The van der Waals surface area contributed by atoms with Gasteiger partial charge in [-0.3, -0.25) is 19.8 Å². The Labute approximate surface area is 192 Å². The number of thiocarbonyl (C=S) groups is 1. The molecule has 0 atom stereocenters. The van der Waals surface area contributed by atoms with E-state index < -0.39 is 4.92 Å². The summed E-state index contributed by atoms with van der Waals surface area (Å²) in [4.78, 5) is 25.1. The number of rotatable bonds is 6. The highest BCUT2D eigenvalue weighted by Crippen LogP contribution is 2.37. The number of carbonyl (C=O) groups excluding carboxylic acids is 1. The van der Waals surface area contributed by atoms with Crippen molar-refractivity contribution in [1.82, 2.24) is 0 Å². The molecule has 3 aromatic carbocycles. The second-order valence-electron chi connectivity index (χ2n) is 6.71. The summed E-state index contributed by atoms with van der Waals surface area (Å²) >= 11 is 6.49. The van der Waals surface area contributed by atoms with Gasteiger partial charge in [0.15, 0.2) is 4.32 Å². The van der Waals surface area contributed by atoms with E-state index in [9.17, 15) is 19.3 Å². The maximum Gasteiger partial charge on any atom is 0.270 e. The quantitative estimate of drug-likeness (QED) is 0.200. The van der Waals surface area contributed by atoms with Gasteiger partial charge in [-0.25, -0.2) is 4.39 Å². The van der Waals surface area contributed by atoms with Crippen molar-refractivity contribution in [2.75, 3.05) is 4.90 Å². The molecule has 1 aliphatic rings. The van der Waals surface area contributed by atoms with Crippen LogP contribution < -0.4 is 9.64 Å². The van der Waals surface area contributed by atoms with Crippen LogP contribution in [0.25, 0.3) is 6.08 Å². The molecule has 3 aromatic rings.